The van der Waals surface area contributed by atoms with E-state index in [-0.39, 0.29) is 23.8 Å². The molecule has 0 aliphatic rings. The highest BCUT2D eigenvalue weighted by Gasteiger charge is 2.23. The largest absolute Gasteiger partial charge is 0.497 e. The number of anilines is 1. The van der Waals surface area contributed by atoms with Crippen LogP contribution in [0.4, 0.5) is 5.82 Å². The lowest BCUT2D eigenvalue weighted by Gasteiger charge is -2.22. The Bertz CT molecular complexity index is 913. The molecular weight excluding hydrogens is 428 g/mol. The van der Waals surface area contributed by atoms with Gasteiger partial charge < -0.3 is 15.0 Å². The topological polar surface area (TPSA) is 76.5 Å². The first-order valence-electron chi connectivity index (χ1n) is 12.5. The van der Waals surface area contributed by atoms with Crippen molar-refractivity contribution in [1.29, 1.82) is 0 Å². The maximum Gasteiger partial charge on any atom is 0.245 e. The monoisotopic (exact) mass is 470 g/mol. The zero-order chi connectivity index (χ0) is 25.1. The van der Waals surface area contributed by atoms with E-state index in [0.29, 0.717) is 18.8 Å². The van der Waals surface area contributed by atoms with E-state index in [0.717, 1.165) is 55.7 Å². The summed E-state index contributed by atoms with van der Waals surface area (Å²) in [5.41, 5.74) is 1.51. The van der Waals surface area contributed by atoms with Crippen molar-refractivity contribution in [3.8, 4) is 11.4 Å². The fourth-order valence-corrected chi connectivity index (χ4v) is 3.61. The summed E-state index contributed by atoms with van der Waals surface area (Å²) in [4.78, 5) is 27.5. The highest BCUT2D eigenvalue weighted by molar-refractivity contribution is 5.94. The minimum Gasteiger partial charge on any atom is -0.497 e. The van der Waals surface area contributed by atoms with Gasteiger partial charge in [-0.1, -0.05) is 60.3 Å². The molecule has 1 aromatic heterocycles. The Morgan fingerprint density at radius 2 is 1.71 bits per heavy atom. The third-order valence-electron chi connectivity index (χ3n) is 5.78. The number of hydrogen-bond acceptors (Lipinski definition) is 4. The molecule has 0 bridgehead atoms. The summed E-state index contributed by atoms with van der Waals surface area (Å²) in [6, 6.07) is 9.44. The molecule has 7 heteroatoms. The Morgan fingerprint density at radius 3 is 2.29 bits per heavy atom. The summed E-state index contributed by atoms with van der Waals surface area (Å²) in [6.07, 6.45) is 6.53. The summed E-state index contributed by atoms with van der Waals surface area (Å²) < 4.78 is 7.00. The van der Waals surface area contributed by atoms with E-state index in [1.54, 1.807) is 16.7 Å². The van der Waals surface area contributed by atoms with Crippen LogP contribution in [0, 0.1) is 0 Å². The van der Waals surface area contributed by atoms with Crippen LogP contribution in [-0.2, 0) is 15.0 Å². The van der Waals surface area contributed by atoms with Gasteiger partial charge in [0.25, 0.3) is 0 Å². The van der Waals surface area contributed by atoms with Crippen LogP contribution in [0.25, 0.3) is 5.69 Å². The number of methoxy groups -OCH3 is 1. The fourth-order valence-electron chi connectivity index (χ4n) is 3.61. The summed E-state index contributed by atoms with van der Waals surface area (Å²) in [7, 11) is 1.63. The molecule has 2 aromatic rings. The number of ether oxygens (including phenoxy) is 1. The van der Waals surface area contributed by atoms with Crippen molar-refractivity contribution in [2.45, 2.75) is 85.0 Å². The number of aromatic nitrogens is 2. The molecule has 0 radical (unpaired) electrons. The van der Waals surface area contributed by atoms with Crippen molar-refractivity contribution in [1.82, 2.24) is 14.7 Å². The number of rotatable bonds is 13. The number of nitrogens with zero attached hydrogens (tertiary/aromatic N) is 3. The maximum atomic E-state index is 13.0. The minimum absolute atomic E-state index is 0.0469. The van der Waals surface area contributed by atoms with Gasteiger partial charge in [0, 0.05) is 24.4 Å². The average Bonchev–Trinajstić information content (AvgIpc) is 3.23. The van der Waals surface area contributed by atoms with Crippen LogP contribution in [0.5, 0.6) is 5.75 Å². The van der Waals surface area contributed by atoms with Crippen molar-refractivity contribution in [2.24, 2.45) is 0 Å². The molecule has 2 rings (SSSR count). The van der Waals surface area contributed by atoms with Gasteiger partial charge >= 0.3 is 0 Å². The van der Waals surface area contributed by atoms with Crippen molar-refractivity contribution in [3.63, 3.8) is 0 Å². The summed E-state index contributed by atoms with van der Waals surface area (Å²) in [5, 5.41) is 7.77. The van der Waals surface area contributed by atoms with E-state index >= 15 is 0 Å². The highest BCUT2D eigenvalue weighted by Crippen LogP contribution is 2.27. The van der Waals surface area contributed by atoms with Gasteiger partial charge in [0.05, 0.1) is 25.0 Å². The summed E-state index contributed by atoms with van der Waals surface area (Å²) in [6.45, 7) is 11.1. The van der Waals surface area contributed by atoms with Gasteiger partial charge in [0.15, 0.2) is 0 Å². The van der Waals surface area contributed by atoms with Crippen LogP contribution in [0.2, 0.25) is 0 Å². The Kier molecular flexibility index (Phi) is 10.6. The molecule has 1 heterocycles. The number of carbonyl (C=O) groups is 2. The van der Waals surface area contributed by atoms with Gasteiger partial charge in [-0.15, -0.1) is 0 Å². The lowest BCUT2D eigenvalue weighted by atomic mass is 9.92. The second-order valence-corrected chi connectivity index (χ2v) is 9.80. The third-order valence-corrected chi connectivity index (χ3v) is 5.78. The first kappa shape index (κ1) is 27.4. The lowest BCUT2D eigenvalue weighted by Crippen LogP contribution is -2.38. The van der Waals surface area contributed by atoms with Gasteiger partial charge in [-0.3, -0.25) is 9.59 Å². The Morgan fingerprint density at radius 1 is 1.03 bits per heavy atom. The summed E-state index contributed by atoms with van der Waals surface area (Å²) in [5.74, 6) is 1.18. The molecule has 0 unspecified atom stereocenters. The molecule has 0 aliphatic carbocycles. The second kappa shape index (κ2) is 13.2. The number of carbonyl (C=O) groups excluding carboxylic acids is 2. The molecule has 1 aromatic carbocycles. The van der Waals surface area contributed by atoms with E-state index < -0.39 is 0 Å². The van der Waals surface area contributed by atoms with E-state index in [1.165, 1.54) is 0 Å². The zero-order valence-corrected chi connectivity index (χ0v) is 21.8. The molecule has 7 nitrogen and oxygen atoms in total. The van der Waals surface area contributed by atoms with E-state index in [4.69, 9.17) is 9.84 Å². The second-order valence-electron chi connectivity index (χ2n) is 9.80. The van der Waals surface area contributed by atoms with E-state index in [1.807, 2.05) is 30.3 Å². The molecule has 34 heavy (non-hydrogen) atoms. The van der Waals surface area contributed by atoms with Crippen molar-refractivity contribution >= 4 is 17.6 Å². The van der Waals surface area contributed by atoms with Gasteiger partial charge in [-0.2, -0.15) is 5.10 Å². The molecule has 0 aliphatic heterocycles. The van der Waals surface area contributed by atoms with Gasteiger partial charge in [-0.25, -0.2) is 4.68 Å². The standard InChI is InChI=1S/C27H42N4O3/c1-7-9-11-12-13-26(33)30(18-10-8-2)20-25(32)28-24-19-23(27(3,4)5)29-31(24)21-14-16-22(34-6)17-15-21/h14-17,19H,7-13,18,20H2,1-6H3,(H,28,32). The van der Waals surface area contributed by atoms with Crippen LogP contribution in [0.1, 0.15) is 85.3 Å². The molecule has 1 N–H and O–H groups in total. The highest BCUT2D eigenvalue weighted by atomic mass is 16.5. The molecule has 0 spiro atoms. The predicted octanol–water partition coefficient (Wildman–Crippen LogP) is 5.72. The zero-order valence-electron chi connectivity index (χ0n) is 21.8. The normalized spacial score (nSPS) is 11.4. The Balaban J connectivity index is 2.19. The maximum absolute atomic E-state index is 13.0. The molecule has 188 valence electrons. The van der Waals surface area contributed by atoms with Crippen LogP contribution < -0.4 is 10.1 Å². The van der Waals surface area contributed by atoms with Crippen molar-refractivity contribution in [2.75, 3.05) is 25.5 Å². The molecule has 2 amide bonds. The van der Waals surface area contributed by atoms with Gasteiger partial charge in [0.2, 0.25) is 11.8 Å². The van der Waals surface area contributed by atoms with Gasteiger partial charge in [0.1, 0.15) is 11.6 Å². The lowest BCUT2D eigenvalue weighted by molar-refractivity contribution is -0.134. The number of nitrogens with one attached hydrogen (secondary N) is 1. The molecule has 0 saturated heterocycles. The van der Waals surface area contributed by atoms with E-state index in [9.17, 15) is 9.59 Å². The smallest absolute Gasteiger partial charge is 0.245 e. The number of unbranched alkanes of at least 4 members (excludes halogenated alkanes) is 4. The third kappa shape index (κ3) is 8.19. The molecule has 0 fully saturated rings. The average molecular weight is 471 g/mol. The Hall–Kier alpha value is -2.83. The first-order chi connectivity index (χ1) is 16.2. The van der Waals surface area contributed by atoms with Crippen LogP contribution in [0.3, 0.4) is 0 Å². The van der Waals surface area contributed by atoms with Gasteiger partial charge in [-0.05, 0) is 37.1 Å². The summed E-state index contributed by atoms with van der Waals surface area (Å²) >= 11 is 0. The van der Waals surface area contributed by atoms with Crippen LogP contribution in [0.15, 0.2) is 30.3 Å². The molecule has 0 atom stereocenters. The van der Waals surface area contributed by atoms with Crippen molar-refractivity contribution in [3.05, 3.63) is 36.0 Å². The van der Waals surface area contributed by atoms with Crippen LogP contribution >= 0.6 is 0 Å². The minimum atomic E-state index is -0.215. The molecular formula is C27H42N4O3. The Labute approximate surface area is 204 Å². The van der Waals surface area contributed by atoms with Crippen molar-refractivity contribution < 1.29 is 14.3 Å². The fraction of sp³-hybridized carbons (Fsp3) is 0.593. The quantitative estimate of drug-likeness (QED) is 0.380. The van der Waals surface area contributed by atoms with E-state index in [2.05, 4.69) is 39.9 Å². The molecule has 0 saturated carbocycles. The number of amides is 2. The number of benzene rings is 1. The SMILES string of the molecule is CCCCCCC(=O)N(CCCC)CC(=O)Nc1cc(C(C)(C)C)nn1-c1ccc(OC)cc1. The predicted molar refractivity (Wildman–Crippen MR) is 138 cm³/mol. The van der Waals surface area contributed by atoms with Crippen LogP contribution in [-0.4, -0.2) is 46.7 Å². The first-order valence-corrected chi connectivity index (χ1v) is 12.5. The number of hydrogen-bond donors (Lipinski definition) is 1.